The first-order chi connectivity index (χ1) is 15.0. The van der Waals surface area contributed by atoms with Gasteiger partial charge in [-0.2, -0.15) is 4.31 Å². The Labute approximate surface area is 185 Å². The van der Waals surface area contributed by atoms with Crippen molar-refractivity contribution in [3.8, 4) is 11.3 Å². The van der Waals surface area contributed by atoms with E-state index in [0.717, 1.165) is 16.9 Å². The van der Waals surface area contributed by atoms with E-state index >= 15 is 0 Å². The van der Waals surface area contributed by atoms with E-state index in [4.69, 9.17) is 4.74 Å². The zero-order valence-corrected chi connectivity index (χ0v) is 19.0. The van der Waals surface area contributed by atoms with Crippen LogP contribution in [0.3, 0.4) is 0 Å². The van der Waals surface area contributed by atoms with Gasteiger partial charge in [0, 0.05) is 24.7 Å². The predicted molar refractivity (Wildman–Crippen MR) is 122 cm³/mol. The fourth-order valence-corrected chi connectivity index (χ4v) is 5.99. The minimum atomic E-state index is -3.56. The van der Waals surface area contributed by atoms with Crippen LogP contribution in [-0.4, -0.2) is 55.3 Å². The minimum absolute atomic E-state index is 0.324. The Kier molecular flexibility index (Phi) is 7.20. The summed E-state index contributed by atoms with van der Waals surface area (Å²) in [6, 6.07) is 9.76. The van der Waals surface area contributed by atoms with Gasteiger partial charge in [0.2, 0.25) is 10.0 Å². The molecule has 4 rings (SSSR count). The first kappa shape index (κ1) is 22.2. The number of aromatic nitrogens is 2. The summed E-state index contributed by atoms with van der Waals surface area (Å²) in [4.78, 5) is 0.324. The highest BCUT2D eigenvalue weighted by Crippen LogP contribution is 2.27. The van der Waals surface area contributed by atoms with Gasteiger partial charge in [-0.1, -0.05) is 44.2 Å². The Balaban J connectivity index is 1.51. The molecule has 7 nitrogen and oxygen atoms in total. The lowest BCUT2D eigenvalue weighted by Crippen LogP contribution is -2.40. The monoisotopic (exact) mass is 444 g/mol. The van der Waals surface area contributed by atoms with Gasteiger partial charge >= 0.3 is 0 Å². The van der Waals surface area contributed by atoms with Crippen molar-refractivity contribution in [3.05, 3.63) is 35.9 Å². The highest BCUT2D eigenvalue weighted by molar-refractivity contribution is 7.89. The number of nitrogens with one attached hydrogen (secondary N) is 1. The van der Waals surface area contributed by atoms with Gasteiger partial charge in [-0.3, -0.25) is 0 Å². The summed E-state index contributed by atoms with van der Waals surface area (Å²) in [5.74, 6) is 0.780. The second-order valence-electron chi connectivity index (χ2n) is 8.49. The van der Waals surface area contributed by atoms with Crippen LogP contribution in [0.15, 0.2) is 35.2 Å². The van der Waals surface area contributed by atoms with Crippen molar-refractivity contribution >= 4 is 15.8 Å². The first-order valence-corrected chi connectivity index (χ1v) is 12.8. The third-order valence-corrected chi connectivity index (χ3v) is 8.23. The Hall–Kier alpha value is -2.03. The maximum atomic E-state index is 13.1. The van der Waals surface area contributed by atoms with Crippen LogP contribution in [0.5, 0.6) is 0 Å². The molecule has 1 saturated carbocycles. The normalized spacial score (nSPS) is 19.5. The molecular formula is C23H32N4O3S. The topological polar surface area (TPSA) is 84.4 Å². The van der Waals surface area contributed by atoms with Crippen molar-refractivity contribution in [1.82, 2.24) is 14.5 Å². The fraction of sp³-hybridized carbons (Fsp3) is 0.565. The summed E-state index contributed by atoms with van der Waals surface area (Å²) < 4.78 is 33.1. The van der Waals surface area contributed by atoms with Crippen LogP contribution in [0.25, 0.3) is 11.3 Å². The molecule has 2 aliphatic rings. The van der Waals surface area contributed by atoms with Crippen molar-refractivity contribution in [1.29, 1.82) is 0 Å². The lowest BCUT2D eigenvalue weighted by Gasteiger charge is -2.26. The number of benzene rings is 1. The molecule has 2 fully saturated rings. The van der Waals surface area contributed by atoms with Crippen molar-refractivity contribution in [2.24, 2.45) is 0 Å². The number of aryl methyl sites for hydroxylation is 1. The maximum absolute atomic E-state index is 13.1. The highest BCUT2D eigenvalue weighted by atomic mass is 32.2. The summed E-state index contributed by atoms with van der Waals surface area (Å²) in [6.45, 7) is 3.45. The molecule has 0 radical (unpaired) electrons. The van der Waals surface area contributed by atoms with Crippen molar-refractivity contribution in [2.75, 3.05) is 31.6 Å². The molecule has 1 aromatic carbocycles. The average molecular weight is 445 g/mol. The third kappa shape index (κ3) is 5.42. The SMILES string of the molecule is Cc1ccc(-c2ccc(NC3CCCCCCC3)nn2)cc1S(=O)(=O)N1CCOCC1. The van der Waals surface area contributed by atoms with Gasteiger partial charge in [0.15, 0.2) is 0 Å². The molecule has 2 heterocycles. The van der Waals surface area contributed by atoms with E-state index in [1.807, 2.05) is 31.2 Å². The van der Waals surface area contributed by atoms with E-state index in [1.165, 1.54) is 49.3 Å². The molecule has 31 heavy (non-hydrogen) atoms. The molecule has 0 spiro atoms. The van der Waals surface area contributed by atoms with E-state index in [0.29, 0.717) is 42.9 Å². The van der Waals surface area contributed by atoms with E-state index in [1.54, 1.807) is 6.07 Å². The van der Waals surface area contributed by atoms with Crippen LogP contribution >= 0.6 is 0 Å². The minimum Gasteiger partial charge on any atom is -0.379 e. The third-order valence-electron chi connectivity index (χ3n) is 6.19. The molecule has 1 N–H and O–H groups in total. The summed E-state index contributed by atoms with van der Waals surface area (Å²) in [5, 5.41) is 12.3. The number of morpholine rings is 1. The molecule has 0 amide bonds. The lowest BCUT2D eigenvalue weighted by atomic mass is 9.97. The van der Waals surface area contributed by atoms with Crippen LogP contribution in [0.2, 0.25) is 0 Å². The predicted octanol–water partition coefficient (Wildman–Crippen LogP) is 4.00. The molecule has 1 aliphatic carbocycles. The average Bonchev–Trinajstić information content (AvgIpc) is 2.77. The second kappa shape index (κ2) is 10.1. The van der Waals surface area contributed by atoms with E-state index in [9.17, 15) is 8.42 Å². The van der Waals surface area contributed by atoms with Crippen LogP contribution in [0, 0.1) is 6.92 Å². The van der Waals surface area contributed by atoms with E-state index in [2.05, 4.69) is 15.5 Å². The quantitative estimate of drug-likeness (QED) is 0.750. The maximum Gasteiger partial charge on any atom is 0.243 e. The van der Waals surface area contributed by atoms with Gasteiger partial charge in [-0.15, -0.1) is 10.2 Å². The summed E-state index contributed by atoms with van der Waals surface area (Å²) in [5.41, 5.74) is 2.15. The second-order valence-corrected chi connectivity index (χ2v) is 10.4. The molecule has 1 aliphatic heterocycles. The number of hydrogen-bond acceptors (Lipinski definition) is 6. The molecule has 168 valence electrons. The summed E-state index contributed by atoms with van der Waals surface area (Å²) >= 11 is 0. The number of nitrogens with zero attached hydrogens (tertiary/aromatic N) is 3. The standard InChI is InChI=1S/C23H32N4O3S/c1-18-9-10-19(17-22(18)31(28,29)27-13-15-30-16-14-27)21-11-12-23(26-25-21)24-20-7-5-3-2-4-6-8-20/h9-12,17,20H,2-8,13-16H2,1H3,(H,24,26). The number of rotatable bonds is 5. The van der Waals surface area contributed by atoms with E-state index in [-0.39, 0.29) is 0 Å². The van der Waals surface area contributed by atoms with Gasteiger partial charge in [-0.25, -0.2) is 8.42 Å². The van der Waals surface area contributed by atoms with Crippen LogP contribution < -0.4 is 5.32 Å². The molecular weight excluding hydrogens is 412 g/mol. The van der Waals surface area contributed by atoms with Gasteiger partial charge < -0.3 is 10.1 Å². The van der Waals surface area contributed by atoms with Crippen LogP contribution in [0.4, 0.5) is 5.82 Å². The largest absolute Gasteiger partial charge is 0.379 e. The molecule has 2 aromatic rings. The first-order valence-electron chi connectivity index (χ1n) is 11.3. The fourth-order valence-electron chi connectivity index (χ4n) is 4.34. The Morgan fingerprint density at radius 1 is 0.968 bits per heavy atom. The Morgan fingerprint density at radius 2 is 1.68 bits per heavy atom. The van der Waals surface area contributed by atoms with Crippen molar-refractivity contribution < 1.29 is 13.2 Å². The lowest BCUT2D eigenvalue weighted by molar-refractivity contribution is 0.0730. The molecule has 0 bridgehead atoms. The number of ether oxygens (including phenoxy) is 1. The number of anilines is 1. The summed E-state index contributed by atoms with van der Waals surface area (Å²) in [6.07, 6.45) is 8.83. The van der Waals surface area contributed by atoms with Gasteiger partial charge in [0.25, 0.3) is 0 Å². The van der Waals surface area contributed by atoms with Crippen molar-refractivity contribution in [3.63, 3.8) is 0 Å². The Morgan fingerprint density at radius 3 is 2.35 bits per heavy atom. The number of hydrogen-bond donors (Lipinski definition) is 1. The molecule has 8 heteroatoms. The van der Waals surface area contributed by atoms with Gasteiger partial charge in [-0.05, 0) is 43.5 Å². The molecule has 1 aromatic heterocycles. The molecule has 1 saturated heterocycles. The van der Waals surface area contributed by atoms with E-state index < -0.39 is 10.0 Å². The van der Waals surface area contributed by atoms with Gasteiger partial charge in [0.1, 0.15) is 5.82 Å². The summed E-state index contributed by atoms with van der Waals surface area (Å²) in [7, 11) is -3.56. The molecule has 0 atom stereocenters. The van der Waals surface area contributed by atoms with Gasteiger partial charge in [0.05, 0.1) is 23.8 Å². The smallest absolute Gasteiger partial charge is 0.243 e. The Bertz CT molecular complexity index is 965. The number of sulfonamides is 1. The molecule has 0 unspecified atom stereocenters. The zero-order chi connectivity index (χ0) is 21.7. The zero-order valence-electron chi connectivity index (χ0n) is 18.2. The van der Waals surface area contributed by atoms with Crippen LogP contribution in [-0.2, 0) is 14.8 Å². The van der Waals surface area contributed by atoms with Crippen molar-refractivity contribution in [2.45, 2.75) is 62.8 Å². The highest BCUT2D eigenvalue weighted by Gasteiger charge is 2.28. The van der Waals surface area contributed by atoms with Crippen LogP contribution in [0.1, 0.15) is 50.5 Å².